The molecule has 1 N–H and O–H groups in total. The lowest BCUT2D eigenvalue weighted by atomic mass is 9.99. The largest absolute Gasteiger partial charge is 0.493 e. The van der Waals surface area contributed by atoms with Crippen LogP contribution in [0.3, 0.4) is 0 Å². The molecule has 0 aliphatic carbocycles. The zero-order chi connectivity index (χ0) is 21.1. The summed E-state index contributed by atoms with van der Waals surface area (Å²) in [5.74, 6) is 1.08. The number of fused-ring (bicyclic) bond motifs is 2. The molecule has 4 rings (SSSR count). The van der Waals surface area contributed by atoms with Crippen molar-refractivity contribution in [2.75, 3.05) is 19.8 Å². The molecule has 30 heavy (non-hydrogen) atoms. The highest BCUT2D eigenvalue weighted by atomic mass is 19.4. The van der Waals surface area contributed by atoms with E-state index in [1.807, 2.05) is 18.2 Å². The van der Waals surface area contributed by atoms with Crippen LogP contribution in [0, 0.1) is 0 Å². The summed E-state index contributed by atoms with van der Waals surface area (Å²) in [7, 11) is 0. The van der Waals surface area contributed by atoms with Gasteiger partial charge in [0.05, 0.1) is 18.7 Å². The first kappa shape index (κ1) is 20.1. The minimum absolute atomic E-state index is 0.141. The van der Waals surface area contributed by atoms with Crippen molar-refractivity contribution in [2.45, 2.75) is 25.1 Å². The molecular formula is C22H20F3NO4. The summed E-state index contributed by atoms with van der Waals surface area (Å²) >= 11 is 0. The summed E-state index contributed by atoms with van der Waals surface area (Å²) < 4.78 is 55.8. The lowest BCUT2D eigenvalue weighted by Crippen LogP contribution is -2.40. The van der Waals surface area contributed by atoms with E-state index < -0.39 is 11.7 Å². The van der Waals surface area contributed by atoms with Gasteiger partial charge < -0.3 is 19.5 Å². The fraction of sp³-hybridized carbons (Fsp3) is 0.318. The predicted octanol–water partition coefficient (Wildman–Crippen LogP) is 4.22. The number of ether oxygens (including phenoxy) is 3. The van der Waals surface area contributed by atoms with E-state index in [0.717, 1.165) is 12.1 Å². The van der Waals surface area contributed by atoms with Gasteiger partial charge in [0.25, 0.3) is 0 Å². The lowest BCUT2D eigenvalue weighted by molar-refractivity contribution is -0.137. The van der Waals surface area contributed by atoms with Crippen LogP contribution in [-0.2, 0) is 11.0 Å². The van der Waals surface area contributed by atoms with Crippen LogP contribution in [0.4, 0.5) is 13.2 Å². The summed E-state index contributed by atoms with van der Waals surface area (Å²) in [6.07, 6.45) is -2.24. The molecular weight excluding hydrogens is 399 g/mol. The third-order valence-corrected chi connectivity index (χ3v) is 4.88. The van der Waals surface area contributed by atoms with Gasteiger partial charge in [-0.2, -0.15) is 13.2 Å². The second-order valence-corrected chi connectivity index (χ2v) is 7.07. The van der Waals surface area contributed by atoms with Gasteiger partial charge in [-0.15, -0.1) is 0 Å². The Bertz CT molecular complexity index is 971. The maximum atomic E-state index is 13.0. The molecule has 0 bridgehead atoms. The first-order valence-corrected chi connectivity index (χ1v) is 9.61. The van der Waals surface area contributed by atoms with Crippen LogP contribution in [0.2, 0.25) is 0 Å². The van der Waals surface area contributed by atoms with Gasteiger partial charge in [-0.1, -0.05) is 18.2 Å². The Labute approximate surface area is 171 Å². The number of alkyl halides is 3. The molecule has 2 heterocycles. The summed E-state index contributed by atoms with van der Waals surface area (Å²) in [5.41, 5.74) is 0.364. The Kier molecular flexibility index (Phi) is 5.57. The smallest absolute Gasteiger partial charge is 0.416 e. The van der Waals surface area contributed by atoms with Crippen molar-refractivity contribution < 1.29 is 32.2 Å². The third kappa shape index (κ3) is 4.53. The fourth-order valence-electron chi connectivity index (χ4n) is 3.40. The molecule has 1 amide bonds. The molecule has 2 aromatic rings. The molecule has 158 valence electrons. The van der Waals surface area contributed by atoms with Crippen LogP contribution in [0.5, 0.6) is 17.2 Å². The molecule has 2 aliphatic heterocycles. The molecule has 1 atom stereocenters. The average molecular weight is 419 g/mol. The maximum absolute atomic E-state index is 13.0. The Hall–Kier alpha value is -3.16. The van der Waals surface area contributed by atoms with Crippen LogP contribution in [0.25, 0.3) is 5.57 Å². The number of hydrogen-bond acceptors (Lipinski definition) is 4. The number of rotatable bonds is 3. The average Bonchev–Trinajstić information content (AvgIpc) is 2.93. The highest BCUT2D eigenvalue weighted by molar-refractivity contribution is 5.96. The number of carbonyl (C=O) groups excluding carboxylic acids is 1. The predicted molar refractivity (Wildman–Crippen MR) is 104 cm³/mol. The van der Waals surface area contributed by atoms with Crippen molar-refractivity contribution >= 4 is 11.5 Å². The monoisotopic (exact) mass is 419 g/mol. The van der Waals surface area contributed by atoms with Crippen molar-refractivity contribution in [3.63, 3.8) is 0 Å². The van der Waals surface area contributed by atoms with Gasteiger partial charge in [-0.05, 0) is 42.7 Å². The molecule has 8 heteroatoms. The van der Waals surface area contributed by atoms with E-state index in [2.05, 4.69) is 5.32 Å². The molecule has 0 spiro atoms. The SMILES string of the molecule is O=C(/C=C1\CCCOc2cc(C(F)(F)F)ccc21)NCC1COc2ccccc2O1. The lowest BCUT2D eigenvalue weighted by Gasteiger charge is -2.26. The van der Waals surface area contributed by atoms with E-state index in [9.17, 15) is 18.0 Å². The van der Waals surface area contributed by atoms with Gasteiger partial charge >= 0.3 is 6.18 Å². The van der Waals surface area contributed by atoms with Crippen LogP contribution in [-0.4, -0.2) is 31.8 Å². The Morgan fingerprint density at radius 2 is 1.90 bits per heavy atom. The Balaban J connectivity index is 1.44. The summed E-state index contributed by atoms with van der Waals surface area (Å²) in [5, 5.41) is 2.78. The second-order valence-electron chi connectivity index (χ2n) is 7.07. The van der Waals surface area contributed by atoms with E-state index >= 15 is 0 Å². The highest BCUT2D eigenvalue weighted by Gasteiger charge is 2.32. The van der Waals surface area contributed by atoms with E-state index in [0.29, 0.717) is 48.7 Å². The number of carbonyl (C=O) groups is 1. The van der Waals surface area contributed by atoms with Crippen molar-refractivity contribution in [3.8, 4) is 17.2 Å². The molecule has 0 saturated carbocycles. The quantitative estimate of drug-likeness (QED) is 0.757. The van der Waals surface area contributed by atoms with Gasteiger partial charge in [-0.25, -0.2) is 0 Å². The summed E-state index contributed by atoms with van der Waals surface area (Å²) in [6, 6.07) is 10.6. The zero-order valence-corrected chi connectivity index (χ0v) is 16.0. The minimum Gasteiger partial charge on any atom is -0.493 e. The first-order valence-electron chi connectivity index (χ1n) is 9.61. The topological polar surface area (TPSA) is 56.8 Å². The van der Waals surface area contributed by atoms with Crippen molar-refractivity contribution in [1.29, 1.82) is 0 Å². The molecule has 1 unspecified atom stereocenters. The summed E-state index contributed by atoms with van der Waals surface area (Å²) in [6.45, 7) is 0.845. The third-order valence-electron chi connectivity index (χ3n) is 4.88. The number of amides is 1. The van der Waals surface area contributed by atoms with Crippen molar-refractivity contribution in [3.05, 3.63) is 59.7 Å². The number of hydrogen-bond donors (Lipinski definition) is 1. The highest BCUT2D eigenvalue weighted by Crippen LogP contribution is 2.38. The summed E-state index contributed by atoms with van der Waals surface area (Å²) in [4.78, 5) is 12.4. The fourth-order valence-corrected chi connectivity index (χ4v) is 3.40. The molecule has 5 nitrogen and oxygen atoms in total. The number of benzene rings is 2. The minimum atomic E-state index is -4.45. The van der Waals surface area contributed by atoms with E-state index in [-0.39, 0.29) is 24.3 Å². The van der Waals surface area contributed by atoms with Gasteiger partial charge in [-0.3, -0.25) is 4.79 Å². The molecule has 0 radical (unpaired) electrons. The van der Waals surface area contributed by atoms with Gasteiger partial charge in [0.1, 0.15) is 18.5 Å². The van der Waals surface area contributed by atoms with Gasteiger partial charge in [0.15, 0.2) is 11.5 Å². The standard InChI is InChI=1S/C22H20F3NO4/c23-22(24,25)15-7-8-17-14(4-3-9-28-20(17)11-15)10-21(27)26-12-16-13-29-18-5-1-2-6-19(18)30-16/h1-2,5-8,10-11,16H,3-4,9,12-13H2,(H,26,27)/b14-10+. The second kappa shape index (κ2) is 8.30. The first-order chi connectivity index (χ1) is 14.4. The Morgan fingerprint density at radius 3 is 2.70 bits per heavy atom. The maximum Gasteiger partial charge on any atom is 0.416 e. The number of allylic oxidation sites excluding steroid dienone is 1. The number of halogens is 3. The molecule has 0 aromatic heterocycles. The zero-order valence-electron chi connectivity index (χ0n) is 16.0. The molecule has 0 saturated heterocycles. The van der Waals surface area contributed by atoms with E-state index in [1.54, 1.807) is 6.07 Å². The van der Waals surface area contributed by atoms with Crippen LogP contribution >= 0.6 is 0 Å². The van der Waals surface area contributed by atoms with Crippen molar-refractivity contribution in [2.24, 2.45) is 0 Å². The van der Waals surface area contributed by atoms with Crippen LogP contribution in [0.1, 0.15) is 24.0 Å². The molecule has 2 aromatic carbocycles. The molecule has 0 fully saturated rings. The normalized spacial score (nSPS) is 19.4. The van der Waals surface area contributed by atoms with Gasteiger partial charge in [0.2, 0.25) is 5.91 Å². The Morgan fingerprint density at radius 1 is 1.10 bits per heavy atom. The van der Waals surface area contributed by atoms with Crippen LogP contribution in [0.15, 0.2) is 48.5 Å². The van der Waals surface area contributed by atoms with Crippen LogP contribution < -0.4 is 19.5 Å². The van der Waals surface area contributed by atoms with E-state index in [1.165, 1.54) is 12.1 Å². The van der Waals surface area contributed by atoms with Crippen molar-refractivity contribution in [1.82, 2.24) is 5.32 Å². The van der Waals surface area contributed by atoms with Gasteiger partial charge in [0, 0.05) is 11.6 Å². The van der Waals surface area contributed by atoms with E-state index in [4.69, 9.17) is 14.2 Å². The number of para-hydroxylation sites is 2. The number of nitrogens with one attached hydrogen (secondary N) is 1. The molecule has 2 aliphatic rings.